The second-order valence-corrected chi connectivity index (χ2v) is 12.0. The number of hydrogen-bond acceptors (Lipinski definition) is 7. The normalized spacial score (nSPS) is 22.0. The van der Waals surface area contributed by atoms with E-state index in [1.165, 1.54) is 0 Å². The van der Waals surface area contributed by atoms with Crippen LogP contribution in [-0.4, -0.2) is 75.4 Å². The van der Waals surface area contributed by atoms with Crippen LogP contribution in [0.5, 0.6) is 5.75 Å². The number of carbonyl (C=O) groups is 1. The van der Waals surface area contributed by atoms with E-state index in [0.29, 0.717) is 41.7 Å². The van der Waals surface area contributed by atoms with Gasteiger partial charge in [-0.1, -0.05) is 39.3 Å². The summed E-state index contributed by atoms with van der Waals surface area (Å²) in [6, 6.07) is 15.0. The van der Waals surface area contributed by atoms with Gasteiger partial charge in [0.15, 0.2) is 0 Å². The number of amides is 1. The van der Waals surface area contributed by atoms with Gasteiger partial charge in [0.05, 0.1) is 23.8 Å². The molecule has 3 N–H and O–H groups in total. The van der Waals surface area contributed by atoms with Gasteiger partial charge in [-0.3, -0.25) is 9.69 Å². The van der Waals surface area contributed by atoms with Crippen LogP contribution < -0.4 is 20.7 Å². The van der Waals surface area contributed by atoms with Crippen LogP contribution in [0.3, 0.4) is 0 Å². The number of piperazine rings is 1. The van der Waals surface area contributed by atoms with Crippen LogP contribution in [0.15, 0.2) is 42.5 Å². The van der Waals surface area contributed by atoms with Crippen molar-refractivity contribution in [3.05, 3.63) is 58.6 Å². The second-order valence-electron chi connectivity index (χ2n) is 11.6. The summed E-state index contributed by atoms with van der Waals surface area (Å²) in [4.78, 5) is 18.0. The van der Waals surface area contributed by atoms with E-state index in [9.17, 15) is 4.79 Å². The highest BCUT2D eigenvalue weighted by molar-refractivity contribution is 6.31. The van der Waals surface area contributed by atoms with E-state index in [0.717, 1.165) is 38.4 Å². The molecule has 1 amide bonds. The maximum Gasteiger partial charge on any atom is 0.251 e. The first-order chi connectivity index (χ1) is 18.6. The summed E-state index contributed by atoms with van der Waals surface area (Å²) < 4.78 is 11.8. The van der Waals surface area contributed by atoms with Gasteiger partial charge in [-0.05, 0) is 36.4 Å². The van der Waals surface area contributed by atoms with Crippen molar-refractivity contribution in [2.75, 3.05) is 57.4 Å². The molecule has 2 aromatic rings. The van der Waals surface area contributed by atoms with E-state index in [4.69, 9.17) is 32.1 Å². The zero-order chi connectivity index (χ0) is 28.2. The minimum atomic E-state index is -0.311. The summed E-state index contributed by atoms with van der Waals surface area (Å²) in [6.45, 7) is 15.1. The van der Waals surface area contributed by atoms with Crippen molar-refractivity contribution >= 4 is 23.2 Å². The molecule has 1 saturated carbocycles. The lowest BCUT2D eigenvalue weighted by Gasteiger charge is -2.63. The van der Waals surface area contributed by atoms with Crippen LogP contribution in [-0.2, 0) is 4.74 Å². The monoisotopic (exact) mass is 553 g/mol. The number of nitrogens with zero attached hydrogens (tertiary/aromatic N) is 3. The van der Waals surface area contributed by atoms with Crippen molar-refractivity contribution in [3.63, 3.8) is 0 Å². The Labute approximate surface area is 237 Å². The first-order valence-electron chi connectivity index (χ1n) is 13.6. The van der Waals surface area contributed by atoms with Crippen molar-refractivity contribution < 1.29 is 14.3 Å². The van der Waals surface area contributed by atoms with Gasteiger partial charge in [0.2, 0.25) is 0 Å². The van der Waals surface area contributed by atoms with Crippen molar-refractivity contribution in [2.24, 2.45) is 16.6 Å². The number of halogens is 1. The first kappa shape index (κ1) is 29.2. The fourth-order valence-electron chi connectivity index (χ4n) is 6.24. The molecule has 0 radical (unpaired) electrons. The van der Waals surface area contributed by atoms with Gasteiger partial charge >= 0.3 is 0 Å². The number of carbonyl (C=O) groups excluding carboxylic acids is 1. The summed E-state index contributed by atoms with van der Waals surface area (Å²) in [5.74, 6) is 0.529. The number of anilines is 1. The Bertz CT molecular complexity index is 1170. The highest BCUT2D eigenvalue weighted by Gasteiger charge is 2.64. The van der Waals surface area contributed by atoms with Gasteiger partial charge in [-0.15, -0.1) is 0 Å². The summed E-state index contributed by atoms with van der Waals surface area (Å²) in [5.41, 5.74) is 7.04. The van der Waals surface area contributed by atoms with Gasteiger partial charge in [0.1, 0.15) is 17.9 Å². The van der Waals surface area contributed by atoms with E-state index in [1.807, 2.05) is 24.3 Å². The van der Waals surface area contributed by atoms with Gasteiger partial charge in [-0.25, -0.2) is 0 Å². The molecule has 1 aliphatic carbocycles. The van der Waals surface area contributed by atoms with E-state index < -0.39 is 0 Å². The molecule has 9 heteroatoms. The lowest BCUT2D eigenvalue weighted by Crippen LogP contribution is -2.74. The topological polar surface area (TPSA) is 104 Å². The van der Waals surface area contributed by atoms with E-state index in [2.05, 4.69) is 48.9 Å². The summed E-state index contributed by atoms with van der Waals surface area (Å²) >= 11 is 6.20. The number of ether oxygens (including phenoxy) is 2. The SMILES string of the molecule is CC1(C)C(NC(=O)c2ccc(N3CCN(CCOCCN)CC3)cc2)C(C)(C)C1Oc1ccc(C#N)c(Cl)c1. The maximum atomic E-state index is 13.2. The van der Waals surface area contributed by atoms with Crippen LogP contribution in [0.2, 0.25) is 5.02 Å². The average molecular weight is 554 g/mol. The second kappa shape index (κ2) is 12.1. The first-order valence-corrected chi connectivity index (χ1v) is 14.0. The fourth-order valence-corrected chi connectivity index (χ4v) is 6.46. The number of benzene rings is 2. The molecular weight excluding hydrogens is 514 g/mol. The van der Waals surface area contributed by atoms with Gasteiger partial charge in [0, 0.05) is 73.5 Å². The molecule has 0 atom stereocenters. The molecule has 2 aliphatic rings. The van der Waals surface area contributed by atoms with Crippen molar-refractivity contribution in [1.82, 2.24) is 10.2 Å². The molecule has 8 nitrogen and oxygen atoms in total. The van der Waals surface area contributed by atoms with Crippen molar-refractivity contribution in [2.45, 2.75) is 39.8 Å². The van der Waals surface area contributed by atoms with E-state index >= 15 is 0 Å². The Kier molecular flexibility index (Phi) is 9.07. The zero-order valence-corrected chi connectivity index (χ0v) is 24.1. The molecule has 0 unspecified atom stereocenters. The molecule has 0 bridgehead atoms. The van der Waals surface area contributed by atoms with E-state index in [1.54, 1.807) is 18.2 Å². The molecule has 2 fully saturated rings. The molecule has 0 spiro atoms. The fraction of sp³-hybridized carbons (Fsp3) is 0.533. The minimum Gasteiger partial charge on any atom is -0.489 e. The van der Waals surface area contributed by atoms with E-state index in [-0.39, 0.29) is 28.9 Å². The number of nitrogens with two attached hydrogens (primary N) is 1. The van der Waals surface area contributed by atoms with Crippen LogP contribution in [0.25, 0.3) is 0 Å². The third-order valence-electron chi connectivity index (χ3n) is 8.11. The standard InChI is InChI=1S/C30H40ClN5O3/c1-29(2)27(30(3,4)28(29)39-24-10-7-22(20-33)25(31)19-24)34-26(37)21-5-8-23(9-6-21)36-14-12-35(13-15-36)16-18-38-17-11-32/h5-10,19,27-28H,11-18,32H2,1-4H3,(H,34,37). The Morgan fingerprint density at radius 2 is 1.74 bits per heavy atom. The zero-order valence-electron chi connectivity index (χ0n) is 23.4. The lowest BCUT2D eigenvalue weighted by molar-refractivity contribution is -0.164. The van der Waals surface area contributed by atoms with Crippen LogP contribution in [0.4, 0.5) is 5.69 Å². The molecule has 2 aromatic carbocycles. The Morgan fingerprint density at radius 3 is 2.33 bits per heavy atom. The molecule has 4 rings (SSSR count). The predicted octanol–water partition coefficient (Wildman–Crippen LogP) is 3.92. The predicted molar refractivity (Wildman–Crippen MR) is 154 cm³/mol. The molecule has 210 valence electrons. The largest absolute Gasteiger partial charge is 0.489 e. The third kappa shape index (κ3) is 6.33. The molecule has 1 saturated heterocycles. The van der Waals surface area contributed by atoms with Gasteiger partial charge in [-0.2, -0.15) is 5.26 Å². The molecule has 0 aromatic heterocycles. The molecule has 1 heterocycles. The Morgan fingerprint density at radius 1 is 1.08 bits per heavy atom. The van der Waals surface area contributed by atoms with Crippen molar-refractivity contribution in [1.29, 1.82) is 5.26 Å². The molecule has 39 heavy (non-hydrogen) atoms. The number of hydrogen-bond donors (Lipinski definition) is 2. The highest BCUT2D eigenvalue weighted by Crippen LogP contribution is 2.55. The lowest BCUT2D eigenvalue weighted by atomic mass is 9.49. The van der Waals surface area contributed by atoms with Crippen molar-refractivity contribution in [3.8, 4) is 11.8 Å². The minimum absolute atomic E-state index is 0.0852. The number of rotatable bonds is 10. The number of nitrogens with one attached hydrogen (secondary N) is 1. The number of nitriles is 1. The summed E-state index contributed by atoms with van der Waals surface area (Å²) in [6.07, 6.45) is -0.146. The highest BCUT2D eigenvalue weighted by atomic mass is 35.5. The van der Waals surface area contributed by atoms with Crippen LogP contribution in [0.1, 0.15) is 43.6 Å². The quantitative estimate of drug-likeness (QED) is 0.430. The Balaban J connectivity index is 1.32. The van der Waals surface area contributed by atoms with Gasteiger partial charge in [0.25, 0.3) is 5.91 Å². The molecule has 1 aliphatic heterocycles. The van der Waals surface area contributed by atoms with Crippen LogP contribution >= 0.6 is 11.6 Å². The van der Waals surface area contributed by atoms with Crippen LogP contribution in [0, 0.1) is 22.2 Å². The smallest absolute Gasteiger partial charge is 0.251 e. The summed E-state index contributed by atoms with van der Waals surface area (Å²) in [7, 11) is 0. The maximum absolute atomic E-state index is 13.2. The average Bonchev–Trinajstić information content (AvgIpc) is 2.93. The Hall–Kier alpha value is -2.83. The molecular formula is C30H40ClN5O3. The van der Waals surface area contributed by atoms with Gasteiger partial charge < -0.3 is 25.4 Å². The third-order valence-corrected chi connectivity index (χ3v) is 8.42. The summed E-state index contributed by atoms with van der Waals surface area (Å²) in [5, 5.41) is 12.8.